The first-order valence-corrected chi connectivity index (χ1v) is 14.5. The van der Waals surface area contributed by atoms with E-state index in [9.17, 15) is 4.79 Å². The summed E-state index contributed by atoms with van der Waals surface area (Å²) in [6, 6.07) is 40.7. The minimum Gasteiger partial charge on any atom is -0.335 e. The van der Waals surface area contributed by atoms with E-state index in [-0.39, 0.29) is 11.8 Å². The third-order valence-corrected chi connectivity index (χ3v) is 8.26. The van der Waals surface area contributed by atoms with Crippen molar-refractivity contribution in [3.63, 3.8) is 0 Å². The van der Waals surface area contributed by atoms with E-state index in [1.165, 1.54) is 19.3 Å². The normalized spacial score (nSPS) is 13.9. The molecule has 1 aliphatic rings. The molecular formula is C37H31N3O. The molecule has 1 aliphatic carbocycles. The second kappa shape index (κ2) is 11.0. The highest BCUT2D eigenvalue weighted by atomic mass is 16.1. The second-order valence-corrected chi connectivity index (χ2v) is 10.8. The lowest BCUT2D eigenvalue weighted by Gasteiger charge is -2.27. The molecule has 4 heteroatoms. The molecule has 1 saturated carbocycles. The van der Waals surface area contributed by atoms with Crippen molar-refractivity contribution in [1.29, 1.82) is 0 Å². The molecule has 0 radical (unpaired) electrons. The van der Waals surface area contributed by atoms with E-state index in [4.69, 9.17) is 10.2 Å². The number of nitrogens with zero attached hydrogens (tertiary/aromatic N) is 3. The van der Waals surface area contributed by atoms with Gasteiger partial charge in [0.15, 0.2) is 5.78 Å². The van der Waals surface area contributed by atoms with E-state index < -0.39 is 0 Å². The third-order valence-electron chi connectivity index (χ3n) is 8.26. The molecule has 41 heavy (non-hydrogen) atoms. The van der Waals surface area contributed by atoms with E-state index in [0.29, 0.717) is 11.1 Å². The second-order valence-electron chi connectivity index (χ2n) is 10.8. The van der Waals surface area contributed by atoms with Gasteiger partial charge in [-0.25, -0.2) is 0 Å². The maximum atomic E-state index is 14.7. The topological polar surface area (TPSA) is 47.8 Å². The Morgan fingerprint density at radius 3 is 1.66 bits per heavy atom. The molecule has 0 atom stereocenters. The molecule has 0 N–H and O–H groups in total. The molecule has 0 saturated heterocycles. The van der Waals surface area contributed by atoms with E-state index in [1.54, 1.807) is 0 Å². The average molecular weight is 534 g/mol. The Labute approximate surface area is 240 Å². The Morgan fingerprint density at radius 2 is 1.07 bits per heavy atom. The van der Waals surface area contributed by atoms with Gasteiger partial charge >= 0.3 is 0 Å². The molecule has 0 spiro atoms. The summed E-state index contributed by atoms with van der Waals surface area (Å²) in [4.78, 5) is 14.7. The molecule has 6 aromatic rings. The van der Waals surface area contributed by atoms with Crippen LogP contribution in [-0.4, -0.2) is 20.5 Å². The van der Waals surface area contributed by atoms with Crippen LogP contribution in [0.2, 0.25) is 0 Å². The first kappa shape index (κ1) is 25.2. The maximum Gasteiger partial charge on any atom is 0.195 e. The molecule has 1 fully saturated rings. The Morgan fingerprint density at radius 1 is 0.585 bits per heavy atom. The monoisotopic (exact) mass is 533 g/mol. The van der Waals surface area contributed by atoms with Gasteiger partial charge in [0.1, 0.15) is 11.4 Å². The molecule has 200 valence electrons. The number of ketones is 1. The van der Waals surface area contributed by atoms with Crippen LogP contribution in [0.3, 0.4) is 0 Å². The minimum atomic E-state index is 0.00760. The van der Waals surface area contributed by atoms with Gasteiger partial charge in [0, 0.05) is 28.1 Å². The zero-order chi connectivity index (χ0) is 27.6. The van der Waals surface area contributed by atoms with Crippen molar-refractivity contribution in [2.75, 3.05) is 0 Å². The van der Waals surface area contributed by atoms with Crippen molar-refractivity contribution in [1.82, 2.24) is 14.8 Å². The number of aromatic nitrogens is 3. The van der Waals surface area contributed by atoms with Crippen molar-refractivity contribution in [2.24, 2.45) is 0 Å². The summed E-state index contributed by atoms with van der Waals surface area (Å²) in [6.07, 6.45) is 5.73. The fraction of sp³-hybridized carbons (Fsp3) is 0.162. The van der Waals surface area contributed by atoms with Crippen LogP contribution in [0.15, 0.2) is 121 Å². The van der Waals surface area contributed by atoms with Crippen LogP contribution >= 0.6 is 0 Å². The van der Waals surface area contributed by atoms with Gasteiger partial charge < -0.3 is 4.57 Å². The Balaban J connectivity index is 1.69. The summed E-state index contributed by atoms with van der Waals surface area (Å²) in [5.41, 5.74) is 7.87. The smallest absolute Gasteiger partial charge is 0.195 e. The summed E-state index contributed by atoms with van der Waals surface area (Å²) in [5.74, 6) is 0.00760. The minimum absolute atomic E-state index is 0.00760. The van der Waals surface area contributed by atoms with Crippen molar-refractivity contribution in [3.8, 4) is 33.8 Å². The number of fused-ring (bicyclic) bond motifs is 1. The lowest BCUT2D eigenvalue weighted by atomic mass is 9.93. The van der Waals surface area contributed by atoms with Crippen LogP contribution in [0.25, 0.3) is 44.7 Å². The molecule has 7 rings (SSSR count). The Hall–Kier alpha value is -4.83. The summed E-state index contributed by atoms with van der Waals surface area (Å²) < 4.78 is 2.46. The summed E-state index contributed by atoms with van der Waals surface area (Å²) in [6.45, 7) is 0. The molecule has 0 amide bonds. The Bertz CT molecular complexity index is 1800. The quantitative estimate of drug-likeness (QED) is 0.201. The van der Waals surface area contributed by atoms with E-state index in [0.717, 1.165) is 57.5 Å². The molecule has 4 aromatic carbocycles. The van der Waals surface area contributed by atoms with Crippen molar-refractivity contribution >= 4 is 16.7 Å². The van der Waals surface area contributed by atoms with Gasteiger partial charge in [-0.1, -0.05) is 141 Å². The summed E-state index contributed by atoms with van der Waals surface area (Å²) >= 11 is 0. The number of benzene rings is 4. The van der Waals surface area contributed by atoms with Crippen LogP contribution in [0.4, 0.5) is 0 Å². The molecule has 2 heterocycles. The molecule has 0 bridgehead atoms. The number of carbonyl (C=O) groups excluding carboxylic acids is 1. The van der Waals surface area contributed by atoms with Gasteiger partial charge in [-0.2, -0.15) is 0 Å². The first-order chi connectivity index (χ1) is 20.3. The third kappa shape index (κ3) is 4.55. The van der Waals surface area contributed by atoms with Crippen molar-refractivity contribution in [3.05, 3.63) is 132 Å². The predicted molar refractivity (Wildman–Crippen MR) is 166 cm³/mol. The molecule has 0 aliphatic heterocycles. The lowest BCUT2D eigenvalue weighted by molar-refractivity contribution is 0.104. The van der Waals surface area contributed by atoms with Gasteiger partial charge in [0.2, 0.25) is 0 Å². The molecule has 0 unspecified atom stereocenters. The van der Waals surface area contributed by atoms with Gasteiger partial charge in [-0.3, -0.25) is 4.79 Å². The predicted octanol–water partition coefficient (Wildman–Crippen LogP) is 9.17. The number of hydrogen-bond donors (Lipinski definition) is 0. The summed E-state index contributed by atoms with van der Waals surface area (Å²) in [5, 5.41) is 10.7. The van der Waals surface area contributed by atoms with Crippen molar-refractivity contribution < 1.29 is 4.79 Å². The van der Waals surface area contributed by atoms with E-state index in [1.807, 2.05) is 72.8 Å². The van der Waals surface area contributed by atoms with Gasteiger partial charge in [-0.15, -0.1) is 10.2 Å². The molecule has 4 nitrogen and oxygen atoms in total. The maximum absolute atomic E-state index is 14.7. The SMILES string of the molecule is O=C(c1ccccc1)c1c(-c2ccccc2)n(C2CCCCC2)c2c(-c3ccccc3)nnc(-c3ccccc3)c12. The Kier molecular flexibility index (Phi) is 6.73. The average Bonchev–Trinajstić information content (AvgIpc) is 3.42. The highest BCUT2D eigenvalue weighted by Gasteiger charge is 2.33. The fourth-order valence-electron chi connectivity index (χ4n) is 6.38. The van der Waals surface area contributed by atoms with Gasteiger partial charge in [0.05, 0.1) is 16.8 Å². The molecular weight excluding hydrogens is 502 g/mol. The lowest BCUT2D eigenvalue weighted by Crippen LogP contribution is -2.15. The largest absolute Gasteiger partial charge is 0.335 e. The number of hydrogen-bond acceptors (Lipinski definition) is 3. The fourth-order valence-corrected chi connectivity index (χ4v) is 6.38. The highest BCUT2D eigenvalue weighted by Crippen LogP contribution is 2.46. The van der Waals surface area contributed by atoms with Crippen LogP contribution in [0.5, 0.6) is 0 Å². The van der Waals surface area contributed by atoms with Crippen LogP contribution in [0.1, 0.15) is 54.1 Å². The molecule has 2 aromatic heterocycles. The standard InChI is InChI=1S/C37H31N3O/c41-37(29-22-12-4-13-23-29)32-31-33(26-16-6-1-7-17-26)38-39-34(27-18-8-2-9-19-27)36(31)40(30-24-14-5-15-25-30)35(32)28-20-10-3-11-21-28/h1-4,6-13,16-23,30H,5,14-15,24-25H2. The van der Waals surface area contributed by atoms with Gasteiger partial charge in [-0.05, 0) is 18.4 Å². The van der Waals surface area contributed by atoms with Crippen molar-refractivity contribution in [2.45, 2.75) is 38.1 Å². The van der Waals surface area contributed by atoms with E-state index >= 15 is 0 Å². The van der Waals surface area contributed by atoms with Crippen LogP contribution in [0, 0.1) is 0 Å². The zero-order valence-electron chi connectivity index (χ0n) is 22.9. The van der Waals surface area contributed by atoms with E-state index in [2.05, 4.69) is 53.1 Å². The zero-order valence-corrected chi connectivity index (χ0v) is 22.9. The van der Waals surface area contributed by atoms with Crippen LogP contribution < -0.4 is 0 Å². The first-order valence-electron chi connectivity index (χ1n) is 14.5. The number of rotatable bonds is 6. The summed E-state index contributed by atoms with van der Waals surface area (Å²) in [7, 11) is 0. The number of carbonyl (C=O) groups is 1. The highest BCUT2D eigenvalue weighted by molar-refractivity contribution is 6.24. The van der Waals surface area contributed by atoms with Crippen LogP contribution in [-0.2, 0) is 0 Å². The van der Waals surface area contributed by atoms with Gasteiger partial charge in [0.25, 0.3) is 0 Å².